The number of pyridine rings is 1. The summed E-state index contributed by atoms with van der Waals surface area (Å²) in [6, 6.07) is 8.60. The van der Waals surface area contributed by atoms with Crippen molar-refractivity contribution in [1.82, 2.24) is 4.98 Å². The molecule has 2 rings (SSSR count). The highest BCUT2D eigenvalue weighted by molar-refractivity contribution is 7.13. The highest BCUT2D eigenvalue weighted by Crippen LogP contribution is 2.23. The molecule has 0 atom stereocenters. The number of thiophene rings is 1. The second-order valence-corrected chi connectivity index (χ2v) is 5.63. The molecule has 0 saturated carbocycles. The maximum Gasteiger partial charge on any atom is 0.0404 e. The average molecular weight is 259 g/mol. The third-order valence-electron chi connectivity index (χ3n) is 3.17. The Labute approximate surface area is 114 Å². The number of unbranched alkanes of at least 4 members (excludes halogenated alkanes) is 4. The van der Waals surface area contributed by atoms with E-state index in [-0.39, 0.29) is 0 Å². The molecule has 0 radical (unpaired) electrons. The summed E-state index contributed by atoms with van der Waals surface area (Å²) in [6.45, 7) is 2.25. The van der Waals surface area contributed by atoms with Gasteiger partial charge in [-0.1, -0.05) is 44.7 Å². The summed E-state index contributed by atoms with van der Waals surface area (Å²) in [5.41, 5.74) is 2.46. The van der Waals surface area contributed by atoms with Crippen LogP contribution in [0.3, 0.4) is 0 Å². The van der Waals surface area contributed by atoms with Gasteiger partial charge >= 0.3 is 0 Å². The van der Waals surface area contributed by atoms with Crippen LogP contribution in [-0.2, 0) is 6.42 Å². The molecule has 2 aromatic rings. The molecule has 96 valence electrons. The molecule has 0 aliphatic rings. The minimum atomic E-state index is 1.12. The van der Waals surface area contributed by atoms with E-state index in [0.717, 1.165) is 6.42 Å². The van der Waals surface area contributed by atoms with E-state index < -0.39 is 0 Å². The number of rotatable bonds is 7. The highest BCUT2D eigenvalue weighted by atomic mass is 32.1. The Morgan fingerprint density at radius 2 is 1.94 bits per heavy atom. The molecule has 0 bridgehead atoms. The fourth-order valence-corrected chi connectivity index (χ4v) is 2.79. The minimum absolute atomic E-state index is 1.12. The molecule has 0 aliphatic carbocycles. The molecule has 0 spiro atoms. The molecule has 0 saturated heterocycles. The third kappa shape index (κ3) is 3.95. The Hall–Kier alpha value is -1.15. The van der Waals surface area contributed by atoms with Crippen LogP contribution in [0, 0.1) is 0 Å². The zero-order chi connectivity index (χ0) is 12.6. The van der Waals surface area contributed by atoms with E-state index in [1.54, 1.807) is 11.3 Å². The number of hydrogen-bond donors (Lipinski definition) is 0. The Morgan fingerprint density at radius 3 is 2.61 bits per heavy atom. The summed E-state index contributed by atoms with van der Waals surface area (Å²) < 4.78 is 0. The van der Waals surface area contributed by atoms with E-state index in [4.69, 9.17) is 0 Å². The largest absolute Gasteiger partial charge is 0.261 e. The van der Waals surface area contributed by atoms with Gasteiger partial charge in [-0.15, -0.1) is 11.3 Å². The Kier molecular flexibility index (Phi) is 5.40. The van der Waals surface area contributed by atoms with Crippen LogP contribution >= 0.6 is 11.3 Å². The normalized spacial score (nSPS) is 10.7. The number of aryl methyl sites for hydroxylation is 1. The van der Waals surface area contributed by atoms with Crippen molar-refractivity contribution in [1.29, 1.82) is 0 Å². The van der Waals surface area contributed by atoms with Crippen molar-refractivity contribution in [3.63, 3.8) is 0 Å². The first-order chi connectivity index (χ1) is 8.90. The van der Waals surface area contributed by atoms with Gasteiger partial charge in [0.2, 0.25) is 0 Å². The van der Waals surface area contributed by atoms with Crippen molar-refractivity contribution >= 4 is 11.3 Å². The molecule has 2 aromatic heterocycles. The van der Waals surface area contributed by atoms with Crippen LogP contribution in [-0.4, -0.2) is 4.98 Å². The lowest BCUT2D eigenvalue weighted by atomic mass is 10.1. The molecule has 2 heteroatoms. The number of aromatic nitrogens is 1. The van der Waals surface area contributed by atoms with Crippen molar-refractivity contribution in [2.45, 2.75) is 45.4 Å². The monoisotopic (exact) mass is 259 g/mol. The van der Waals surface area contributed by atoms with Crippen LogP contribution < -0.4 is 0 Å². The van der Waals surface area contributed by atoms with E-state index in [0.29, 0.717) is 0 Å². The Balaban J connectivity index is 1.81. The lowest BCUT2D eigenvalue weighted by molar-refractivity contribution is 0.628. The summed E-state index contributed by atoms with van der Waals surface area (Å²) in [7, 11) is 0. The molecule has 0 amide bonds. The van der Waals surface area contributed by atoms with Gasteiger partial charge in [-0.2, -0.15) is 0 Å². The maximum absolute atomic E-state index is 4.56. The maximum atomic E-state index is 4.56. The van der Waals surface area contributed by atoms with Gasteiger partial charge in [0.25, 0.3) is 0 Å². The molecule has 0 N–H and O–H groups in total. The molecule has 0 unspecified atom stereocenters. The van der Waals surface area contributed by atoms with Crippen molar-refractivity contribution in [2.24, 2.45) is 0 Å². The van der Waals surface area contributed by atoms with Gasteiger partial charge in [0.1, 0.15) is 0 Å². The van der Waals surface area contributed by atoms with Gasteiger partial charge < -0.3 is 0 Å². The quantitative estimate of drug-likeness (QED) is 0.613. The standard InChI is InChI=1S/C16H21NS/c1-2-3-4-5-6-8-15-11-10-14(13-17-15)16-9-7-12-18-16/h7,9-13H,2-6,8H2,1H3. The van der Waals surface area contributed by atoms with Gasteiger partial charge in [-0.3, -0.25) is 4.98 Å². The van der Waals surface area contributed by atoms with Crippen LogP contribution in [0.25, 0.3) is 10.4 Å². The van der Waals surface area contributed by atoms with E-state index in [2.05, 4.69) is 41.6 Å². The van der Waals surface area contributed by atoms with Crippen molar-refractivity contribution in [2.75, 3.05) is 0 Å². The third-order valence-corrected chi connectivity index (χ3v) is 4.09. The van der Waals surface area contributed by atoms with Gasteiger partial charge in [0, 0.05) is 22.3 Å². The highest BCUT2D eigenvalue weighted by Gasteiger charge is 2.00. The van der Waals surface area contributed by atoms with E-state index >= 15 is 0 Å². The predicted octanol–water partition coefficient (Wildman–Crippen LogP) is 5.32. The van der Waals surface area contributed by atoms with Gasteiger partial charge in [-0.05, 0) is 30.4 Å². The van der Waals surface area contributed by atoms with Crippen LogP contribution in [0.5, 0.6) is 0 Å². The van der Waals surface area contributed by atoms with Crippen molar-refractivity contribution in [3.05, 3.63) is 41.5 Å². The lowest BCUT2D eigenvalue weighted by Gasteiger charge is -2.02. The van der Waals surface area contributed by atoms with Crippen LogP contribution in [0.1, 0.15) is 44.7 Å². The molecule has 18 heavy (non-hydrogen) atoms. The topological polar surface area (TPSA) is 12.9 Å². The predicted molar refractivity (Wildman–Crippen MR) is 80.0 cm³/mol. The first-order valence-electron chi connectivity index (χ1n) is 6.89. The molecular formula is C16H21NS. The first kappa shape index (κ1) is 13.3. The van der Waals surface area contributed by atoms with Crippen LogP contribution in [0.4, 0.5) is 0 Å². The average Bonchev–Trinajstić information content (AvgIpc) is 2.93. The first-order valence-corrected chi connectivity index (χ1v) is 7.77. The van der Waals surface area contributed by atoms with Gasteiger partial charge in [-0.25, -0.2) is 0 Å². The van der Waals surface area contributed by atoms with E-state index in [9.17, 15) is 0 Å². The van der Waals surface area contributed by atoms with E-state index in [1.165, 1.54) is 48.2 Å². The summed E-state index contributed by atoms with van der Waals surface area (Å²) in [5.74, 6) is 0. The summed E-state index contributed by atoms with van der Waals surface area (Å²) in [4.78, 5) is 5.86. The SMILES string of the molecule is CCCCCCCc1ccc(-c2cccs2)cn1. The molecule has 0 aromatic carbocycles. The summed E-state index contributed by atoms with van der Waals surface area (Å²) in [6.07, 6.45) is 9.78. The Bertz CT molecular complexity index is 431. The minimum Gasteiger partial charge on any atom is -0.261 e. The zero-order valence-electron chi connectivity index (χ0n) is 11.1. The molecular weight excluding hydrogens is 238 g/mol. The van der Waals surface area contributed by atoms with Crippen molar-refractivity contribution in [3.8, 4) is 10.4 Å². The smallest absolute Gasteiger partial charge is 0.0404 e. The molecule has 2 heterocycles. The van der Waals surface area contributed by atoms with Crippen LogP contribution in [0.15, 0.2) is 35.8 Å². The molecule has 0 fully saturated rings. The fourth-order valence-electron chi connectivity index (χ4n) is 2.07. The molecule has 1 nitrogen and oxygen atoms in total. The second kappa shape index (κ2) is 7.32. The van der Waals surface area contributed by atoms with Crippen molar-refractivity contribution < 1.29 is 0 Å². The lowest BCUT2D eigenvalue weighted by Crippen LogP contribution is -1.90. The second-order valence-electron chi connectivity index (χ2n) is 4.68. The zero-order valence-corrected chi connectivity index (χ0v) is 11.9. The van der Waals surface area contributed by atoms with Crippen LogP contribution in [0.2, 0.25) is 0 Å². The van der Waals surface area contributed by atoms with Gasteiger partial charge in [0.05, 0.1) is 0 Å². The number of hydrogen-bond acceptors (Lipinski definition) is 2. The number of nitrogens with zero attached hydrogens (tertiary/aromatic N) is 1. The fraction of sp³-hybridized carbons (Fsp3) is 0.438. The Morgan fingerprint density at radius 1 is 1.06 bits per heavy atom. The summed E-state index contributed by atoms with van der Waals surface area (Å²) in [5, 5.41) is 2.11. The van der Waals surface area contributed by atoms with Gasteiger partial charge in [0.15, 0.2) is 0 Å². The summed E-state index contributed by atoms with van der Waals surface area (Å²) >= 11 is 1.77. The van der Waals surface area contributed by atoms with E-state index in [1.807, 2.05) is 6.20 Å². The molecule has 0 aliphatic heterocycles.